The molecule has 120 valence electrons. The molecule has 1 N–H and O–H groups in total. The van der Waals surface area contributed by atoms with Crippen LogP contribution in [0.25, 0.3) is 0 Å². The van der Waals surface area contributed by atoms with Gasteiger partial charge in [-0.2, -0.15) is 0 Å². The van der Waals surface area contributed by atoms with Gasteiger partial charge in [0.2, 0.25) is 5.91 Å². The molecule has 0 saturated carbocycles. The average Bonchev–Trinajstić information content (AvgIpc) is 3.11. The van der Waals surface area contributed by atoms with E-state index in [1.54, 1.807) is 11.0 Å². The summed E-state index contributed by atoms with van der Waals surface area (Å²) < 4.78 is 6.08. The third-order valence-electron chi connectivity index (χ3n) is 3.96. The van der Waals surface area contributed by atoms with Crippen molar-refractivity contribution in [2.24, 2.45) is 5.92 Å². The standard InChI is InChI=1S/C17H17IN2O3/c18-14-3-5-15(6-4-14)19-16(21)12-2-1-8-20(10-12)17(22)13-7-9-23-11-13/h3-7,9,11-12H,1-2,8,10H2,(H,19,21)/t12-/m1/s1. The largest absolute Gasteiger partial charge is 0.472 e. The summed E-state index contributed by atoms with van der Waals surface area (Å²) in [5.74, 6) is -0.291. The van der Waals surface area contributed by atoms with Crippen molar-refractivity contribution in [2.75, 3.05) is 18.4 Å². The number of hydrogen-bond donors (Lipinski definition) is 1. The molecule has 1 aliphatic rings. The Morgan fingerprint density at radius 1 is 1.22 bits per heavy atom. The number of furan rings is 1. The van der Waals surface area contributed by atoms with Gasteiger partial charge < -0.3 is 14.6 Å². The van der Waals surface area contributed by atoms with Crippen LogP contribution in [0.3, 0.4) is 0 Å². The Kier molecular flexibility index (Phi) is 5.00. The van der Waals surface area contributed by atoms with E-state index in [1.165, 1.54) is 12.5 Å². The molecule has 1 aromatic carbocycles. The van der Waals surface area contributed by atoms with E-state index in [4.69, 9.17) is 4.42 Å². The Morgan fingerprint density at radius 3 is 2.70 bits per heavy atom. The lowest BCUT2D eigenvalue weighted by molar-refractivity contribution is -0.121. The van der Waals surface area contributed by atoms with Crippen LogP contribution >= 0.6 is 22.6 Å². The molecule has 0 bridgehead atoms. The van der Waals surface area contributed by atoms with Crippen molar-refractivity contribution in [3.8, 4) is 0 Å². The van der Waals surface area contributed by atoms with Gasteiger partial charge in [0.25, 0.3) is 5.91 Å². The number of benzene rings is 1. The number of nitrogens with one attached hydrogen (secondary N) is 1. The molecule has 1 aromatic heterocycles. The smallest absolute Gasteiger partial charge is 0.257 e. The summed E-state index contributed by atoms with van der Waals surface area (Å²) in [5, 5.41) is 2.93. The Bertz CT molecular complexity index is 682. The van der Waals surface area contributed by atoms with Crippen molar-refractivity contribution in [2.45, 2.75) is 12.8 Å². The molecule has 1 saturated heterocycles. The molecule has 3 rings (SSSR count). The fourth-order valence-corrected chi connectivity index (χ4v) is 3.08. The van der Waals surface area contributed by atoms with Gasteiger partial charge in [-0.1, -0.05) is 0 Å². The van der Waals surface area contributed by atoms with Crippen LogP contribution in [0, 0.1) is 9.49 Å². The minimum atomic E-state index is -0.182. The van der Waals surface area contributed by atoms with Crippen molar-refractivity contribution in [1.29, 1.82) is 0 Å². The molecule has 0 unspecified atom stereocenters. The number of halogens is 1. The first-order valence-corrected chi connectivity index (χ1v) is 8.59. The maximum Gasteiger partial charge on any atom is 0.257 e. The normalized spacial score (nSPS) is 17.8. The second kappa shape index (κ2) is 7.16. The molecular weight excluding hydrogens is 407 g/mol. The van der Waals surface area contributed by atoms with Gasteiger partial charge in [0.05, 0.1) is 17.7 Å². The quantitative estimate of drug-likeness (QED) is 0.769. The number of piperidine rings is 1. The van der Waals surface area contributed by atoms with Crippen molar-refractivity contribution in [1.82, 2.24) is 4.90 Å². The van der Waals surface area contributed by atoms with Gasteiger partial charge in [-0.25, -0.2) is 0 Å². The molecule has 23 heavy (non-hydrogen) atoms. The summed E-state index contributed by atoms with van der Waals surface area (Å²) in [7, 11) is 0. The van der Waals surface area contributed by atoms with Crippen LogP contribution in [0.15, 0.2) is 47.3 Å². The average molecular weight is 424 g/mol. The number of carbonyl (C=O) groups excluding carboxylic acids is 2. The van der Waals surface area contributed by atoms with E-state index in [9.17, 15) is 9.59 Å². The first-order chi connectivity index (χ1) is 11.1. The molecule has 0 spiro atoms. The number of amides is 2. The fourth-order valence-electron chi connectivity index (χ4n) is 2.72. The maximum absolute atomic E-state index is 12.4. The lowest BCUT2D eigenvalue weighted by Gasteiger charge is -2.31. The summed E-state index contributed by atoms with van der Waals surface area (Å²) in [6.45, 7) is 1.12. The lowest BCUT2D eigenvalue weighted by atomic mass is 9.96. The Morgan fingerprint density at radius 2 is 2.00 bits per heavy atom. The predicted molar refractivity (Wildman–Crippen MR) is 95.1 cm³/mol. The van der Waals surface area contributed by atoms with E-state index in [1.807, 2.05) is 24.3 Å². The zero-order valence-electron chi connectivity index (χ0n) is 12.5. The fraction of sp³-hybridized carbons (Fsp3) is 0.294. The lowest BCUT2D eigenvalue weighted by Crippen LogP contribution is -2.43. The predicted octanol–water partition coefficient (Wildman–Crippen LogP) is 3.38. The van der Waals surface area contributed by atoms with Crippen LogP contribution in [-0.4, -0.2) is 29.8 Å². The molecule has 0 aliphatic carbocycles. The molecule has 1 fully saturated rings. The van der Waals surface area contributed by atoms with Crippen LogP contribution in [0.2, 0.25) is 0 Å². The molecule has 2 heterocycles. The molecule has 2 amide bonds. The van der Waals surface area contributed by atoms with Crippen LogP contribution in [0.1, 0.15) is 23.2 Å². The van der Waals surface area contributed by atoms with Gasteiger partial charge in [-0.3, -0.25) is 9.59 Å². The monoisotopic (exact) mass is 424 g/mol. The Labute approximate surface area is 148 Å². The minimum Gasteiger partial charge on any atom is -0.472 e. The van der Waals surface area contributed by atoms with E-state index in [2.05, 4.69) is 27.9 Å². The third kappa shape index (κ3) is 3.93. The molecular formula is C17H17IN2O3. The number of nitrogens with zero attached hydrogens (tertiary/aromatic N) is 1. The maximum atomic E-state index is 12.4. The molecule has 2 aromatic rings. The Hall–Kier alpha value is -1.83. The highest BCUT2D eigenvalue weighted by Gasteiger charge is 2.29. The molecule has 6 heteroatoms. The van der Waals surface area contributed by atoms with Crippen molar-refractivity contribution < 1.29 is 14.0 Å². The number of rotatable bonds is 3. The van der Waals surface area contributed by atoms with E-state index < -0.39 is 0 Å². The first-order valence-electron chi connectivity index (χ1n) is 7.51. The zero-order valence-corrected chi connectivity index (χ0v) is 14.7. The molecule has 1 atom stereocenters. The van der Waals surface area contributed by atoms with E-state index in [-0.39, 0.29) is 17.7 Å². The summed E-state index contributed by atoms with van der Waals surface area (Å²) in [6, 6.07) is 9.32. The second-order valence-corrected chi connectivity index (χ2v) is 6.84. The van der Waals surface area contributed by atoms with Gasteiger partial charge in [-0.15, -0.1) is 0 Å². The van der Waals surface area contributed by atoms with E-state index >= 15 is 0 Å². The van der Waals surface area contributed by atoms with Gasteiger partial charge in [0, 0.05) is 22.3 Å². The highest BCUT2D eigenvalue weighted by atomic mass is 127. The highest BCUT2D eigenvalue weighted by Crippen LogP contribution is 2.21. The van der Waals surface area contributed by atoms with Crippen LogP contribution in [0.5, 0.6) is 0 Å². The van der Waals surface area contributed by atoms with Crippen LogP contribution in [-0.2, 0) is 4.79 Å². The van der Waals surface area contributed by atoms with Crippen LogP contribution in [0.4, 0.5) is 5.69 Å². The summed E-state index contributed by atoms with van der Waals surface area (Å²) >= 11 is 2.22. The number of anilines is 1. The second-order valence-electron chi connectivity index (χ2n) is 5.60. The topological polar surface area (TPSA) is 62.6 Å². The highest BCUT2D eigenvalue weighted by molar-refractivity contribution is 14.1. The SMILES string of the molecule is O=C(Nc1ccc(I)cc1)[C@@H]1CCCN(C(=O)c2ccoc2)C1. The first kappa shape index (κ1) is 16.0. The number of likely N-dealkylation sites (tertiary alicyclic amines) is 1. The number of carbonyl (C=O) groups is 2. The molecule has 0 radical (unpaired) electrons. The summed E-state index contributed by atoms with van der Waals surface area (Å²) in [4.78, 5) is 26.5. The molecule has 1 aliphatic heterocycles. The third-order valence-corrected chi connectivity index (χ3v) is 4.68. The van der Waals surface area contributed by atoms with E-state index in [0.29, 0.717) is 18.7 Å². The minimum absolute atomic E-state index is 0.0316. The molecule has 5 nitrogen and oxygen atoms in total. The van der Waals surface area contributed by atoms with Crippen molar-refractivity contribution in [3.63, 3.8) is 0 Å². The van der Waals surface area contributed by atoms with Gasteiger partial charge in [-0.05, 0) is 65.8 Å². The Balaban J connectivity index is 1.62. The zero-order chi connectivity index (χ0) is 16.2. The van der Waals surface area contributed by atoms with Gasteiger partial charge >= 0.3 is 0 Å². The summed E-state index contributed by atoms with van der Waals surface area (Å²) in [6.07, 6.45) is 4.55. The van der Waals surface area contributed by atoms with Crippen molar-refractivity contribution in [3.05, 3.63) is 52.0 Å². The van der Waals surface area contributed by atoms with Crippen LogP contribution < -0.4 is 5.32 Å². The van der Waals surface area contributed by atoms with Gasteiger partial charge in [0.15, 0.2) is 0 Å². The summed E-state index contributed by atoms with van der Waals surface area (Å²) in [5.41, 5.74) is 1.32. The number of hydrogen-bond acceptors (Lipinski definition) is 3. The van der Waals surface area contributed by atoms with Crippen molar-refractivity contribution >= 4 is 40.1 Å². The van der Waals surface area contributed by atoms with E-state index in [0.717, 1.165) is 22.1 Å². The van der Waals surface area contributed by atoms with Gasteiger partial charge in [0.1, 0.15) is 6.26 Å².